The van der Waals surface area contributed by atoms with E-state index in [9.17, 15) is 14.7 Å². The Balaban J connectivity index is 1.62. The molecule has 8 heteroatoms. The van der Waals surface area contributed by atoms with Gasteiger partial charge in [0.25, 0.3) is 0 Å². The Morgan fingerprint density at radius 2 is 1.87 bits per heavy atom. The van der Waals surface area contributed by atoms with Crippen LogP contribution in [0.25, 0.3) is 11.0 Å². The highest BCUT2D eigenvalue weighted by Gasteiger charge is 2.33. The molecule has 0 saturated carbocycles. The second-order valence-electron chi connectivity index (χ2n) is 10.8. The third kappa shape index (κ3) is 4.77. The molecule has 1 N–H and O–H groups in total. The lowest BCUT2D eigenvalue weighted by Gasteiger charge is -2.34. The standard InChI is InChI=1S/C30H37N3O5/c1-18(2)20-8-10-21(11-9-20)24(29(34)35)16-27-31-28-23-12-7-19(3)32(30(36)37-4)25(23)13-14-26(28)33(27)22-6-5-15-38-17-22/h8-11,13-14,18-19,22,24H,5-7,12,15-17H2,1-4H3,(H,34,35). The zero-order valence-electron chi connectivity index (χ0n) is 22.6. The van der Waals surface area contributed by atoms with Gasteiger partial charge in [-0.15, -0.1) is 0 Å². The number of anilines is 1. The van der Waals surface area contributed by atoms with Gasteiger partial charge in [-0.3, -0.25) is 9.69 Å². The lowest BCUT2D eigenvalue weighted by Crippen LogP contribution is -2.42. The maximum atomic E-state index is 12.6. The molecule has 0 radical (unpaired) electrons. The predicted octanol–water partition coefficient (Wildman–Crippen LogP) is 5.83. The van der Waals surface area contributed by atoms with E-state index < -0.39 is 11.9 Å². The monoisotopic (exact) mass is 519 g/mol. The Labute approximate surface area is 223 Å². The van der Waals surface area contributed by atoms with Gasteiger partial charge in [-0.2, -0.15) is 0 Å². The summed E-state index contributed by atoms with van der Waals surface area (Å²) in [5.74, 6) is -0.471. The molecular weight excluding hydrogens is 482 g/mol. The van der Waals surface area contributed by atoms with Gasteiger partial charge in [-0.05, 0) is 61.8 Å². The van der Waals surface area contributed by atoms with Crippen molar-refractivity contribution in [2.45, 2.75) is 76.8 Å². The van der Waals surface area contributed by atoms with E-state index in [2.05, 4.69) is 18.4 Å². The van der Waals surface area contributed by atoms with E-state index in [1.165, 1.54) is 12.7 Å². The SMILES string of the molecule is COC(=O)N1c2ccc3c(nc(CC(C(=O)O)c4ccc(C(C)C)cc4)n3C3CCCOC3)c2CCC1C. The van der Waals surface area contributed by atoms with Gasteiger partial charge in [0.05, 0.1) is 42.4 Å². The van der Waals surface area contributed by atoms with E-state index in [0.29, 0.717) is 12.5 Å². The lowest BCUT2D eigenvalue weighted by molar-refractivity contribution is -0.138. The van der Waals surface area contributed by atoms with Crippen LogP contribution in [0.4, 0.5) is 10.5 Å². The molecule has 2 aromatic carbocycles. The number of rotatable bonds is 6. The molecule has 3 atom stereocenters. The molecule has 5 rings (SSSR count). The number of carboxylic acids is 1. The van der Waals surface area contributed by atoms with Crippen molar-refractivity contribution in [3.8, 4) is 0 Å². The molecule has 1 amide bonds. The number of aromatic nitrogens is 2. The number of carbonyl (C=O) groups is 2. The van der Waals surface area contributed by atoms with E-state index in [4.69, 9.17) is 14.5 Å². The third-order valence-corrected chi connectivity index (χ3v) is 8.09. The summed E-state index contributed by atoms with van der Waals surface area (Å²) in [4.78, 5) is 32.0. The van der Waals surface area contributed by atoms with Crippen LogP contribution < -0.4 is 4.90 Å². The number of fused-ring (bicyclic) bond motifs is 3. The molecule has 202 valence electrons. The van der Waals surface area contributed by atoms with Gasteiger partial charge in [-0.25, -0.2) is 9.78 Å². The number of amides is 1. The van der Waals surface area contributed by atoms with Crippen LogP contribution in [-0.4, -0.2) is 53.1 Å². The number of ether oxygens (including phenoxy) is 2. The Kier molecular flexibility index (Phi) is 7.43. The number of imidazole rings is 1. The summed E-state index contributed by atoms with van der Waals surface area (Å²) in [7, 11) is 1.40. The van der Waals surface area contributed by atoms with Crippen molar-refractivity contribution in [3.05, 3.63) is 58.9 Å². The van der Waals surface area contributed by atoms with Crippen LogP contribution in [0.5, 0.6) is 0 Å². The maximum Gasteiger partial charge on any atom is 0.414 e. The number of methoxy groups -OCH3 is 1. The Bertz CT molecular complexity index is 1320. The fourth-order valence-corrected chi connectivity index (χ4v) is 5.95. The molecular formula is C30H37N3O5. The molecule has 3 heterocycles. The first-order chi connectivity index (χ1) is 18.3. The number of hydrogen-bond donors (Lipinski definition) is 1. The first-order valence-corrected chi connectivity index (χ1v) is 13.6. The molecule has 2 aliphatic rings. The zero-order chi connectivity index (χ0) is 27.0. The smallest absolute Gasteiger partial charge is 0.414 e. The fraction of sp³-hybridized carbons (Fsp3) is 0.500. The number of aliphatic carboxylic acids is 1. The lowest BCUT2D eigenvalue weighted by atomic mass is 9.92. The Morgan fingerprint density at radius 1 is 1.13 bits per heavy atom. The highest BCUT2D eigenvalue weighted by molar-refractivity contribution is 5.95. The van der Waals surface area contributed by atoms with Gasteiger partial charge in [0, 0.05) is 24.6 Å². The molecule has 0 spiro atoms. The van der Waals surface area contributed by atoms with Gasteiger partial charge in [-0.1, -0.05) is 38.1 Å². The minimum absolute atomic E-state index is 0.0194. The van der Waals surface area contributed by atoms with Gasteiger partial charge in [0.1, 0.15) is 5.82 Å². The number of hydrogen-bond acceptors (Lipinski definition) is 5. The average molecular weight is 520 g/mol. The van der Waals surface area contributed by atoms with Crippen molar-refractivity contribution in [2.24, 2.45) is 0 Å². The molecule has 3 aromatic rings. The summed E-state index contributed by atoms with van der Waals surface area (Å²) in [6.45, 7) is 7.58. The third-order valence-electron chi connectivity index (χ3n) is 8.09. The minimum atomic E-state index is -0.867. The van der Waals surface area contributed by atoms with Crippen molar-refractivity contribution >= 4 is 28.8 Å². The maximum absolute atomic E-state index is 12.6. The summed E-state index contributed by atoms with van der Waals surface area (Å²) in [5.41, 5.74) is 5.58. The molecule has 3 unspecified atom stereocenters. The van der Waals surface area contributed by atoms with E-state index in [1.54, 1.807) is 4.90 Å². The van der Waals surface area contributed by atoms with Crippen molar-refractivity contribution < 1.29 is 24.2 Å². The highest BCUT2D eigenvalue weighted by Crippen LogP contribution is 2.39. The molecule has 1 aromatic heterocycles. The first kappa shape index (κ1) is 26.2. The topological polar surface area (TPSA) is 93.9 Å². The second-order valence-corrected chi connectivity index (χ2v) is 10.8. The van der Waals surface area contributed by atoms with Crippen molar-refractivity contribution in [2.75, 3.05) is 25.2 Å². The molecule has 38 heavy (non-hydrogen) atoms. The van der Waals surface area contributed by atoms with E-state index >= 15 is 0 Å². The summed E-state index contributed by atoms with van der Waals surface area (Å²) in [6, 6.07) is 12.0. The van der Waals surface area contributed by atoms with Crippen LogP contribution in [-0.2, 0) is 27.1 Å². The normalized spacial score (nSPS) is 20.4. The Hall–Kier alpha value is -3.39. The number of nitrogens with zero attached hydrogens (tertiary/aromatic N) is 3. The molecule has 8 nitrogen and oxygen atoms in total. The summed E-state index contributed by atoms with van der Waals surface area (Å²) in [6.07, 6.45) is 3.37. The van der Waals surface area contributed by atoms with Gasteiger partial charge < -0.3 is 19.1 Å². The van der Waals surface area contributed by atoms with Crippen LogP contribution in [0.3, 0.4) is 0 Å². The molecule has 0 aliphatic carbocycles. The summed E-state index contributed by atoms with van der Waals surface area (Å²) in [5, 5.41) is 10.3. The highest BCUT2D eigenvalue weighted by atomic mass is 16.5. The fourth-order valence-electron chi connectivity index (χ4n) is 5.95. The second kappa shape index (κ2) is 10.8. The van der Waals surface area contributed by atoms with Crippen molar-refractivity contribution in [1.29, 1.82) is 0 Å². The summed E-state index contributed by atoms with van der Waals surface area (Å²) < 4.78 is 13.1. The Morgan fingerprint density at radius 3 is 2.50 bits per heavy atom. The van der Waals surface area contributed by atoms with Crippen LogP contribution in [0.1, 0.15) is 80.4 Å². The summed E-state index contributed by atoms with van der Waals surface area (Å²) >= 11 is 0. The number of carbonyl (C=O) groups excluding carboxylic acids is 1. The molecule has 0 bridgehead atoms. The van der Waals surface area contributed by atoms with Crippen LogP contribution in [0.2, 0.25) is 0 Å². The van der Waals surface area contributed by atoms with Crippen LogP contribution in [0, 0.1) is 0 Å². The van der Waals surface area contributed by atoms with E-state index in [-0.39, 0.29) is 24.6 Å². The molecule has 1 fully saturated rings. The quantitative estimate of drug-likeness (QED) is 0.440. The number of carboxylic acid groups (broad SMARTS) is 1. The zero-order valence-corrected chi connectivity index (χ0v) is 22.6. The van der Waals surface area contributed by atoms with Crippen LogP contribution >= 0.6 is 0 Å². The van der Waals surface area contributed by atoms with Gasteiger partial charge in [0.15, 0.2) is 0 Å². The molecule has 2 aliphatic heterocycles. The van der Waals surface area contributed by atoms with Crippen molar-refractivity contribution in [1.82, 2.24) is 9.55 Å². The van der Waals surface area contributed by atoms with Crippen molar-refractivity contribution in [3.63, 3.8) is 0 Å². The predicted molar refractivity (Wildman–Crippen MR) is 146 cm³/mol. The number of benzene rings is 2. The number of aryl methyl sites for hydroxylation is 1. The van der Waals surface area contributed by atoms with E-state index in [0.717, 1.165) is 66.0 Å². The van der Waals surface area contributed by atoms with E-state index in [1.807, 2.05) is 43.3 Å². The first-order valence-electron chi connectivity index (χ1n) is 13.6. The molecule has 1 saturated heterocycles. The average Bonchev–Trinajstić information content (AvgIpc) is 3.30. The van der Waals surface area contributed by atoms with Gasteiger partial charge in [0.2, 0.25) is 0 Å². The van der Waals surface area contributed by atoms with Gasteiger partial charge >= 0.3 is 12.1 Å². The minimum Gasteiger partial charge on any atom is -0.481 e. The largest absolute Gasteiger partial charge is 0.481 e. The van der Waals surface area contributed by atoms with Crippen LogP contribution in [0.15, 0.2) is 36.4 Å².